The van der Waals surface area contributed by atoms with Gasteiger partial charge < -0.3 is 4.74 Å². The Morgan fingerprint density at radius 1 is 1.37 bits per heavy atom. The molecule has 0 radical (unpaired) electrons. The lowest BCUT2D eigenvalue weighted by Crippen LogP contribution is -2.42. The van der Waals surface area contributed by atoms with Crippen LogP contribution in [0.3, 0.4) is 0 Å². The van der Waals surface area contributed by atoms with Gasteiger partial charge in [0.2, 0.25) is 10.0 Å². The number of hydrogen-bond donors (Lipinski definition) is 0. The number of hydrogen-bond acceptors (Lipinski definition) is 3. The van der Waals surface area contributed by atoms with Crippen molar-refractivity contribution in [3.63, 3.8) is 0 Å². The molecule has 1 atom stereocenters. The van der Waals surface area contributed by atoms with Gasteiger partial charge in [0.05, 0.1) is 11.0 Å². The number of aryl methyl sites for hydroxylation is 1. The van der Waals surface area contributed by atoms with Crippen LogP contribution >= 0.6 is 15.9 Å². The first-order chi connectivity index (χ1) is 8.93. The van der Waals surface area contributed by atoms with Gasteiger partial charge in [0.25, 0.3) is 0 Å². The third-order valence-corrected chi connectivity index (χ3v) is 5.63. The van der Waals surface area contributed by atoms with Crippen LogP contribution in [0, 0.1) is 6.92 Å². The second kappa shape index (κ2) is 5.91. The van der Waals surface area contributed by atoms with Crippen molar-refractivity contribution >= 4 is 26.0 Å². The number of ether oxygens (including phenoxy) is 1. The van der Waals surface area contributed by atoms with Gasteiger partial charge in [-0.05, 0) is 43.5 Å². The van der Waals surface area contributed by atoms with Crippen LogP contribution in [0.5, 0.6) is 0 Å². The standard InChI is InChI=1S/C13H18BrNO3S/c1-10-6-11(14)8-13(7-10)19(16,17)15-5-3-4-12(9-15)18-2/h6-8,12H,3-5,9H2,1-2H3. The second-order valence-electron chi connectivity index (χ2n) is 4.83. The minimum Gasteiger partial charge on any atom is -0.380 e. The fraction of sp³-hybridized carbons (Fsp3) is 0.538. The highest BCUT2D eigenvalue weighted by Crippen LogP contribution is 2.25. The zero-order valence-corrected chi connectivity index (χ0v) is 13.5. The van der Waals surface area contributed by atoms with E-state index in [0.29, 0.717) is 18.0 Å². The second-order valence-corrected chi connectivity index (χ2v) is 7.68. The lowest BCUT2D eigenvalue weighted by atomic mass is 10.1. The van der Waals surface area contributed by atoms with Crippen molar-refractivity contribution in [2.24, 2.45) is 0 Å². The van der Waals surface area contributed by atoms with Gasteiger partial charge in [0, 0.05) is 24.7 Å². The molecule has 0 aliphatic carbocycles. The highest BCUT2D eigenvalue weighted by Gasteiger charge is 2.30. The SMILES string of the molecule is COC1CCCN(S(=O)(=O)c2cc(C)cc(Br)c2)C1. The maximum atomic E-state index is 12.6. The molecule has 1 aliphatic rings. The molecule has 19 heavy (non-hydrogen) atoms. The quantitative estimate of drug-likeness (QED) is 0.844. The zero-order chi connectivity index (χ0) is 14.0. The van der Waals surface area contributed by atoms with E-state index < -0.39 is 10.0 Å². The summed E-state index contributed by atoms with van der Waals surface area (Å²) >= 11 is 3.35. The van der Waals surface area contributed by atoms with Crippen molar-refractivity contribution in [2.45, 2.75) is 30.8 Å². The van der Waals surface area contributed by atoms with E-state index in [9.17, 15) is 8.42 Å². The molecule has 1 heterocycles. The van der Waals surface area contributed by atoms with E-state index in [2.05, 4.69) is 15.9 Å². The van der Waals surface area contributed by atoms with Crippen LogP contribution < -0.4 is 0 Å². The van der Waals surface area contributed by atoms with E-state index in [4.69, 9.17) is 4.74 Å². The van der Waals surface area contributed by atoms with E-state index in [1.54, 1.807) is 19.2 Å². The molecular weight excluding hydrogens is 330 g/mol. The molecule has 0 bridgehead atoms. The van der Waals surface area contributed by atoms with Gasteiger partial charge in [-0.1, -0.05) is 15.9 Å². The molecule has 4 nitrogen and oxygen atoms in total. The third kappa shape index (κ3) is 3.37. The molecule has 0 saturated carbocycles. The molecule has 1 saturated heterocycles. The lowest BCUT2D eigenvalue weighted by molar-refractivity contribution is 0.0572. The topological polar surface area (TPSA) is 46.6 Å². The third-order valence-electron chi connectivity index (χ3n) is 3.33. The summed E-state index contributed by atoms with van der Waals surface area (Å²) in [5.74, 6) is 0. The first-order valence-electron chi connectivity index (χ1n) is 6.23. The number of piperidine rings is 1. The fourth-order valence-electron chi connectivity index (χ4n) is 2.32. The van der Waals surface area contributed by atoms with Gasteiger partial charge in [-0.3, -0.25) is 0 Å². The normalized spacial score (nSPS) is 21.5. The van der Waals surface area contributed by atoms with Crippen molar-refractivity contribution in [3.05, 3.63) is 28.2 Å². The van der Waals surface area contributed by atoms with Crippen LogP contribution in [0.1, 0.15) is 18.4 Å². The monoisotopic (exact) mass is 347 g/mol. The van der Waals surface area contributed by atoms with Crippen molar-refractivity contribution in [2.75, 3.05) is 20.2 Å². The van der Waals surface area contributed by atoms with Crippen molar-refractivity contribution in [3.8, 4) is 0 Å². The fourth-order valence-corrected chi connectivity index (χ4v) is 4.72. The van der Waals surface area contributed by atoms with Gasteiger partial charge in [0.15, 0.2) is 0 Å². The van der Waals surface area contributed by atoms with Gasteiger partial charge in [-0.15, -0.1) is 0 Å². The van der Waals surface area contributed by atoms with E-state index in [1.807, 2.05) is 13.0 Å². The Hall–Kier alpha value is -0.430. The van der Waals surface area contributed by atoms with Gasteiger partial charge in [-0.2, -0.15) is 4.31 Å². The summed E-state index contributed by atoms with van der Waals surface area (Å²) in [6, 6.07) is 5.25. The Bertz CT molecular complexity index is 539. The van der Waals surface area contributed by atoms with Crippen molar-refractivity contribution < 1.29 is 13.2 Å². The Morgan fingerprint density at radius 2 is 2.11 bits per heavy atom. The number of rotatable bonds is 3. The summed E-state index contributed by atoms with van der Waals surface area (Å²) < 4.78 is 32.8. The summed E-state index contributed by atoms with van der Waals surface area (Å²) in [5, 5.41) is 0. The zero-order valence-electron chi connectivity index (χ0n) is 11.1. The Morgan fingerprint density at radius 3 is 2.74 bits per heavy atom. The largest absolute Gasteiger partial charge is 0.380 e. The Balaban J connectivity index is 2.31. The van der Waals surface area contributed by atoms with Crippen LogP contribution in [0.4, 0.5) is 0 Å². The number of nitrogens with zero attached hydrogens (tertiary/aromatic N) is 1. The number of benzene rings is 1. The molecule has 0 N–H and O–H groups in total. The summed E-state index contributed by atoms with van der Waals surface area (Å²) in [4.78, 5) is 0.344. The molecule has 0 aromatic heterocycles. The van der Waals surface area contributed by atoms with E-state index in [1.165, 1.54) is 4.31 Å². The molecule has 0 spiro atoms. The highest BCUT2D eigenvalue weighted by atomic mass is 79.9. The molecular formula is C13H18BrNO3S. The first-order valence-corrected chi connectivity index (χ1v) is 8.47. The van der Waals surface area contributed by atoms with Crippen molar-refractivity contribution in [1.29, 1.82) is 0 Å². The number of halogens is 1. The number of sulfonamides is 1. The van der Waals surface area contributed by atoms with Gasteiger partial charge >= 0.3 is 0 Å². The smallest absolute Gasteiger partial charge is 0.243 e. The van der Waals surface area contributed by atoms with Gasteiger partial charge in [-0.25, -0.2) is 8.42 Å². The van der Waals surface area contributed by atoms with Crippen LogP contribution in [0.15, 0.2) is 27.6 Å². The maximum absolute atomic E-state index is 12.6. The Kier molecular flexibility index (Phi) is 4.66. The molecule has 6 heteroatoms. The molecule has 1 fully saturated rings. The minimum absolute atomic E-state index is 0.00299. The molecule has 0 amide bonds. The summed E-state index contributed by atoms with van der Waals surface area (Å²) in [6.07, 6.45) is 1.75. The molecule has 106 valence electrons. The molecule has 2 rings (SSSR count). The van der Waals surface area contributed by atoms with E-state index in [0.717, 1.165) is 22.9 Å². The van der Waals surface area contributed by atoms with Crippen LogP contribution in [-0.2, 0) is 14.8 Å². The molecule has 1 aromatic rings. The molecule has 1 unspecified atom stereocenters. The van der Waals surface area contributed by atoms with E-state index >= 15 is 0 Å². The summed E-state index contributed by atoms with van der Waals surface area (Å²) in [5.41, 5.74) is 0.924. The average Bonchev–Trinajstić information content (AvgIpc) is 2.37. The maximum Gasteiger partial charge on any atom is 0.243 e. The molecule has 1 aliphatic heterocycles. The van der Waals surface area contributed by atoms with Crippen LogP contribution in [-0.4, -0.2) is 39.0 Å². The molecule has 1 aromatic carbocycles. The average molecular weight is 348 g/mol. The minimum atomic E-state index is -3.43. The number of methoxy groups -OCH3 is 1. The van der Waals surface area contributed by atoms with E-state index in [-0.39, 0.29) is 6.10 Å². The predicted molar refractivity (Wildman–Crippen MR) is 77.7 cm³/mol. The predicted octanol–water partition coefficient (Wildman–Crippen LogP) is 2.56. The van der Waals surface area contributed by atoms with Crippen LogP contribution in [0.25, 0.3) is 0 Å². The summed E-state index contributed by atoms with van der Waals surface area (Å²) in [6.45, 7) is 2.89. The van der Waals surface area contributed by atoms with Crippen LogP contribution in [0.2, 0.25) is 0 Å². The van der Waals surface area contributed by atoms with Gasteiger partial charge in [0.1, 0.15) is 0 Å². The highest BCUT2D eigenvalue weighted by molar-refractivity contribution is 9.10. The van der Waals surface area contributed by atoms with Crippen molar-refractivity contribution in [1.82, 2.24) is 4.31 Å². The Labute approximate surface area is 122 Å². The lowest BCUT2D eigenvalue weighted by Gasteiger charge is -2.31. The first kappa shape index (κ1) is 15.0. The summed E-state index contributed by atoms with van der Waals surface area (Å²) in [7, 11) is -1.80.